The molecule has 0 saturated heterocycles. The van der Waals surface area contributed by atoms with E-state index in [4.69, 9.17) is 11.6 Å². The second kappa shape index (κ2) is 8.60. The quantitative estimate of drug-likeness (QED) is 0.503. The van der Waals surface area contributed by atoms with Gasteiger partial charge in [-0.1, -0.05) is 29.3 Å². The third kappa shape index (κ3) is 5.56. The molecule has 0 saturated carbocycles. The number of sulfonamides is 1. The van der Waals surface area contributed by atoms with E-state index in [0.29, 0.717) is 17.3 Å². The molecule has 162 valence electrons. The van der Waals surface area contributed by atoms with Crippen molar-refractivity contribution in [3.8, 4) is 0 Å². The number of anilines is 2. The summed E-state index contributed by atoms with van der Waals surface area (Å²) in [5.74, 6) is -0.366. The molecule has 3 rings (SSSR count). The summed E-state index contributed by atoms with van der Waals surface area (Å²) in [6.07, 6.45) is -4.73. The summed E-state index contributed by atoms with van der Waals surface area (Å²) in [5, 5.41) is 2.10. The fraction of sp³-hybridized carbons (Fsp3) is 0.0952. The van der Waals surface area contributed by atoms with Crippen LogP contribution < -0.4 is 10.0 Å². The number of benzene rings is 3. The molecule has 3 aromatic rings. The number of halogens is 4. The van der Waals surface area contributed by atoms with Gasteiger partial charge in [0, 0.05) is 16.9 Å². The van der Waals surface area contributed by atoms with Crippen LogP contribution in [0, 0.1) is 6.92 Å². The van der Waals surface area contributed by atoms with Gasteiger partial charge in [-0.3, -0.25) is 9.52 Å². The Kier molecular flexibility index (Phi) is 6.28. The lowest BCUT2D eigenvalue weighted by Gasteiger charge is -2.13. The lowest BCUT2D eigenvalue weighted by Crippen LogP contribution is -2.15. The van der Waals surface area contributed by atoms with Gasteiger partial charge in [-0.15, -0.1) is 0 Å². The molecule has 2 N–H and O–H groups in total. The van der Waals surface area contributed by atoms with Crippen LogP contribution >= 0.6 is 11.6 Å². The first-order valence-corrected chi connectivity index (χ1v) is 10.7. The molecule has 31 heavy (non-hydrogen) atoms. The van der Waals surface area contributed by atoms with Crippen LogP contribution in [-0.2, 0) is 16.2 Å². The standard InChI is InChI=1S/C21H16ClF3N2O3S/c1-13-2-4-14(5-3-13)20(28)26-15-6-9-17(10-7-15)31(29,30)27-16-8-11-19(22)18(12-16)21(23,24)25/h2-12,27H,1H3,(H,26,28). The van der Waals surface area contributed by atoms with Crippen LogP contribution in [0.3, 0.4) is 0 Å². The van der Waals surface area contributed by atoms with Crippen molar-refractivity contribution >= 4 is 38.9 Å². The topological polar surface area (TPSA) is 75.3 Å². The first-order valence-electron chi connectivity index (χ1n) is 8.83. The van der Waals surface area contributed by atoms with Crippen LogP contribution in [-0.4, -0.2) is 14.3 Å². The zero-order valence-electron chi connectivity index (χ0n) is 16.0. The van der Waals surface area contributed by atoms with Gasteiger partial charge in [0.2, 0.25) is 0 Å². The highest BCUT2D eigenvalue weighted by molar-refractivity contribution is 7.92. The summed E-state index contributed by atoms with van der Waals surface area (Å²) in [6, 6.07) is 14.8. The highest BCUT2D eigenvalue weighted by atomic mass is 35.5. The molecule has 0 aliphatic carbocycles. The van der Waals surface area contributed by atoms with Crippen molar-refractivity contribution in [1.29, 1.82) is 0 Å². The van der Waals surface area contributed by atoms with Gasteiger partial charge in [0.1, 0.15) is 0 Å². The average Bonchev–Trinajstić information content (AvgIpc) is 2.69. The molecule has 10 heteroatoms. The van der Waals surface area contributed by atoms with Crippen LogP contribution in [0.4, 0.5) is 24.5 Å². The van der Waals surface area contributed by atoms with Gasteiger partial charge >= 0.3 is 6.18 Å². The van der Waals surface area contributed by atoms with Gasteiger partial charge in [-0.2, -0.15) is 13.2 Å². The minimum Gasteiger partial charge on any atom is -0.322 e. The van der Waals surface area contributed by atoms with E-state index < -0.39 is 26.8 Å². The molecule has 0 atom stereocenters. The predicted octanol–water partition coefficient (Wildman–Crippen LogP) is 5.72. The molecule has 0 aromatic heterocycles. The number of aryl methyl sites for hydroxylation is 1. The smallest absolute Gasteiger partial charge is 0.322 e. The highest BCUT2D eigenvalue weighted by Gasteiger charge is 2.33. The molecular weight excluding hydrogens is 453 g/mol. The Morgan fingerprint density at radius 1 is 0.903 bits per heavy atom. The van der Waals surface area contributed by atoms with E-state index in [2.05, 4.69) is 10.0 Å². The Balaban J connectivity index is 1.75. The fourth-order valence-corrected chi connectivity index (χ4v) is 3.92. The predicted molar refractivity (Wildman–Crippen MR) is 113 cm³/mol. The van der Waals surface area contributed by atoms with Crippen molar-refractivity contribution in [3.63, 3.8) is 0 Å². The molecule has 0 unspecified atom stereocenters. The van der Waals surface area contributed by atoms with Crippen molar-refractivity contribution in [1.82, 2.24) is 0 Å². The molecule has 0 heterocycles. The zero-order chi connectivity index (χ0) is 22.8. The van der Waals surface area contributed by atoms with Crippen LogP contribution in [0.1, 0.15) is 21.5 Å². The number of nitrogens with one attached hydrogen (secondary N) is 2. The fourth-order valence-electron chi connectivity index (χ4n) is 2.65. The summed E-state index contributed by atoms with van der Waals surface area (Å²) in [5.41, 5.74) is 0.362. The van der Waals surface area contributed by atoms with Gasteiger partial charge in [0.15, 0.2) is 0 Å². The van der Waals surface area contributed by atoms with Crippen molar-refractivity contribution in [2.75, 3.05) is 10.0 Å². The molecule has 1 amide bonds. The van der Waals surface area contributed by atoms with E-state index in [-0.39, 0.29) is 16.5 Å². The Morgan fingerprint density at radius 2 is 1.48 bits per heavy atom. The molecule has 0 spiro atoms. The second-order valence-electron chi connectivity index (χ2n) is 6.64. The Morgan fingerprint density at radius 3 is 2.06 bits per heavy atom. The highest BCUT2D eigenvalue weighted by Crippen LogP contribution is 2.36. The van der Waals surface area contributed by atoms with Gasteiger partial charge in [-0.05, 0) is 61.5 Å². The maximum atomic E-state index is 13.0. The van der Waals surface area contributed by atoms with E-state index in [1.165, 1.54) is 24.3 Å². The summed E-state index contributed by atoms with van der Waals surface area (Å²) in [4.78, 5) is 12.1. The van der Waals surface area contributed by atoms with E-state index in [1.807, 2.05) is 6.92 Å². The van der Waals surface area contributed by atoms with Crippen molar-refractivity contribution in [2.45, 2.75) is 18.0 Å². The van der Waals surface area contributed by atoms with Crippen LogP contribution in [0.15, 0.2) is 71.6 Å². The normalized spacial score (nSPS) is 11.8. The maximum absolute atomic E-state index is 13.0. The number of carbonyl (C=O) groups excluding carboxylic acids is 1. The maximum Gasteiger partial charge on any atom is 0.417 e. The van der Waals surface area contributed by atoms with E-state index in [1.54, 1.807) is 24.3 Å². The van der Waals surface area contributed by atoms with E-state index in [9.17, 15) is 26.4 Å². The summed E-state index contributed by atoms with van der Waals surface area (Å²) >= 11 is 5.55. The molecule has 0 aliphatic heterocycles. The van der Waals surface area contributed by atoms with E-state index in [0.717, 1.165) is 17.7 Å². The molecule has 0 aliphatic rings. The zero-order valence-corrected chi connectivity index (χ0v) is 17.6. The van der Waals surface area contributed by atoms with Crippen molar-refractivity contribution < 1.29 is 26.4 Å². The van der Waals surface area contributed by atoms with Gasteiger partial charge in [0.05, 0.1) is 15.5 Å². The van der Waals surface area contributed by atoms with E-state index >= 15 is 0 Å². The lowest BCUT2D eigenvalue weighted by atomic mass is 10.1. The van der Waals surface area contributed by atoms with Gasteiger partial charge < -0.3 is 5.32 Å². The number of amides is 1. The number of alkyl halides is 3. The van der Waals surface area contributed by atoms with Crippen LogP contribution in [0.25, 0.3) is 0 Å². The van der Waals surface area contributed by atoms with Crippen LogP contribution in [0.5, 0.6) is 0 Å². The first kappa shape index (κ1) is 22.6. The molecule has 3 aromatic carbocycles. The number of rotatable bonds is 5. The number of carbonyl (C=O) groups is 1. The third-order valence-corrected chi connectivity index (χ3v) is 5.99. The molecule has 5 nitrogen and oxygen atoms in total. The van der Waals surface area contributed by atoms with Crippen LogP contribution in [0.2, 0.25) is 5.02 Å². The Bertz CT molecular complexity index is 1210. The molecule has 0 fully saturated rings. The summed E-state index contributed by atoms with van der Waals surface area (Å²) in [7, 11) is -4.16. The number of hydrogen-bond donors (Lipinski definition) is 2. The minimum atomic E-state index is -4.73. The molecule has 0 radical (unpaired) electrons. The minimum absolute atomic E-state index is 0.190. The Labute approximate surface area is 181 Å². The second-order valence-corrected chi connectivity index (χ2v) is 8.73. The third-order valence-electron chi connectivity index (χ3n) is 4.26. The average molecular weight is 469 g/mol. The van der Waals surface area contributed by atoms with Gasteiger partial charge in [0.25, 0.3) is 15.9 Å². The lowest BCUT2D eigenvalue weighted by molar-refractivity contribution is -0.137. The SMILES string of the molecule is Cc1ccc(C(=O)Nc2ccc(S(=O)(=O)Nc3ccc(Cl)c(C(F)(F)F)c3)cc2)cc1. The first-order chi connectivity index (χ1) is 14.5. The van der Waals surface area contributed by atoms with Crippen molar-refractivity contribution in [3.05, 3.63) is 88.4 Å². The summed E-state index contributed by atoms with van der Waals surface area (Å²) in [6.45, 7) is 1.89. The van der Waals surface area contributed by atoms with Crippen molar-refractivity contribution in [2.24, 2.45) is 0 Å². The number of hydrogen-bond acceptors (Lipinski definition) is 3. The van der Waals surface area contributed by atoms with Gasteiger partial charge in [-0.25, -0.2) is 8.42 Å². The largest absolute Gasteiger partial charge is 0.417 e. The molecular formula is C21H16ClF3N2O3S. The summed E-state index contributed by atoms with van der Waals surface area (Å²) < 4.78 is 66.1. The monoisotopic (exact) mass is 468 g/mol. The molecule has 0 bridgehead atoms. The Hall–Kier alpha value is -3.04.